The van der Waals surface area contributed by atoms with Crippen LogP contribution in [0.4, 0.5) is 0 Å². The number of aryl methyl sites for hydroxylation is 1. The molecule has 0 fully saturated rings. The van der Waals surface area contributed by atoms with Crippen LogP contribution >= 0.6 is 12.4 Å². The summed E-state index contributed by atoms with van der Waals surface area (Å²) in [5.74, 6) is 0.324. The van der Waals surface area contributed by atoms with E-state index in [9.17, 15) is 5.11 Å². The molecule has 0 heterocycles. The third-order valence-electron chi connectivity index (χ3n) is 1.54. The Hall–Kier alpha value is -0.730. The summed E-state index contributed by atoms with van der Waals surface area (Å²) in [6.07, 6.45) is 0. The number of nitrogens with two attached hydrogens (primary N) is 1. The standard InChI is InChI=1S/C8H11NO.ClH/c1-6-3-2-4-7(5-9)8(6)10;/h2-4,10H,5,9H2,1H3;1H. The van der Waals surface area contributed by atoms with Crippen molar-refractivity contribution in [2.24, 2.45) is 5.73 Å². The maximum absolute atomic E-state index is 9.32. The summed E-state index contributed by atoms with van der Waals surface area (Å²) < 4.78 is 0. The van der Waals surface area contributed by atoms with Crippen LogP contribution in [0.25, 0.3) is 0 Å². The molecule has 3 N–H and O–H groups in total. The second-order valence-electron chi connectivity index (χ2n) is 2.29. The Balaban J connectivity index is 0.000001000. The van der Waals surface area contributed by atoms with E-state index in [2.05, 4.69) is 0 Å². The van der Waals surface area contributed by atoms with Gasteiger partial charge in [0, 0.05) is 12.1 Å². The number of rotatable bonds is 1. The van der Waals surface area contributed by atoms with Crippen molar-refractivity contribution in [3.8, 4) is 5.75 Å². The highest BCUT2D eigenvalue weighted by molar-refractivity contribution is 5.85. The fraction of sp³-hybridized carbons (Fsp3) is 0.250. The first-order chi connectivity index (χ1) is 4.75. The number of phenols is 1. The summed E-state index contributed by atoms with van der Waals surface area (Å²) >= 11 is 0. The normalized spacial score (nSPS) is 8.91. The van der Waals surface area contributed by atoms with E-state index in [1.54, 1.807) is 0 Å². The average Bonchev–Trinajstić information content (AvgIpc) is 1.95. The van der Waals surface area contributed by atoms with Gasteiger partial charge in [0.2, 0.25) is 0 Å². The predicted octanol–water partition coefficient (Wildman–Crippen LogP) is 1.58. The fourth-order valence-corrected chi connectivity index (χ4v) is 0.884. The van der Waals surface area contributed by atoms with Crippen LogP contribution in [-0.2, 0) is 6.54 Å². The zero-order chi connectivity index (χ0) is 7.56. The highest BCUT2D eigenvalue weighted by Crippen LogP contribution is 2.19. The van der Waals surface area contributed by atoms with Crippen molar-refractivity contribution in [3.63, 3.8) is 0 Å². The highest BCUT2D eigenvalue weighted by atomic mass is 35.5. The van der Waals surface area contributed by atoms with Gasteiger partial charge in [-0.05, 0) is 12.5 Å². The van der Waals surface area contributed by atoms with Crippen LogP contribution in [0.1, 0.15) is 11.1 Å². The van der Waals surface area contributed by atoms with Gasteiger partial charge >= 0.3 is 0 Å². The lowest BCUT2D eigenvalue weighted by Gasteiger charge is -2.02. The molecule has 1 aromatic carbocycles. The first-order valence-electron chi connectivity index (χ1n) is 3.23. The van der Waals surface area contributed by atoms with Crippen LogP contribution in [0, 0.1) is 6.92 Å². The molecule has 0 spiro atoms. The molecule has 1 aromatic rings. The minimum atomic E-state index is 0. The molecular weight excluding hydrogens is 162 g/mol. The largest absolute Gasteiger partial charge is 0.507 e. The molecule has 0 unspecified atom stereocenters. The summed E-state index contributed by atoms with van der Waals surface area (Å²) in [5, 5.41) is 9.32. The Morgan fingerprint density at radius 3 is 2.55 bits per heavy atom. The molecule has 11 heavy (non-hydrogen) atoms. The minimum absolute atomic E-state index is 0. The van der Waals surface area contributed by atoms with Gasteiger partial charge in [0.15, 0.2) is 0 Å². The predicted molar refractivity (Wildman–Crippen MR) is 48.0 cm³/mol. The number of hydrogen-bond acceptors (Lipinski definition) is 2. The number of hydrogen-bond donors (Lipinski definition) is 2. The molecule has 0 aromatic heterocycles. The molecule has 0 aliphatic carbocycles. The van der Waals surface area contributed by atoms with Gasteiger partial charge in [-0.1, -0.05) is 18.2 Å². The molecule has 3 heteroatoms. The first kappa shape index (κ1) is 10.3. The van der Waals surface area contributed by atoms with Gasteiger partial charge in [-0.15, -0.1) is 12.4 Å². The summed E-state index contributed by atoms with van der Waals surface area (Å²) in [4.78, 5) is 0. The van der Waals surface area contributed by atoms with Gasteiger partial charge in [-0.3, -0.25) is 0 Å². The zero-order valence-corrected chi connectivity index (χ0v) is 7.19. The first-order valence-corrected chi connectivity index (χ1v) is 3.23. The third kappa shape index (κ3) is 2.10. The summed E-state index contributed by atoms with van der Waals surface area (Å²) in [5.41, 5.74) is 7.04. The SMILES string of the molecule is Cc1cccc(CN)c1O.Cl. The number of benzene rings is 1. The van der Waals surface area contributed by atoms with Crippen LogP contribution in [0.3, 0.4) is 0 Å². The molecule has 0 aliphatic rings. The molecular formula is C8H12ClNO. The highest BCUT2D eigenvalue weighted by Gasteiger charge is 1.99. The fourth-order valence-electron chi connectivity index (χ4n) is 0.884. The zero-order valence-electron chi connectivity index (χ0n) is 6.37. The average molecular weight is 174 g/mol. The number of para-hydroxylation sites is 1. The van der Waals surface area contributed by atoms with Crippen LogP contribution in [-0.4, -0.2) is 5.11 Å². The van der Waals surface area contributed by atoms with Gasteiger partial charge in [-0.2, -0.15) is 0 Å². The Morgan fingerprint density at radius 2 is 2.09 bits per heavy atom. The topological polar surface area (TPSA) is 46.2 Å². The molecule has 1 rings (SSSR count). The van der Waals surface area contributed by atoms with Crippen molar-refractivity contribution in [1.82, 2.24) is 0 Å². The smallest absolute Gasteiger partial charge is 0.122 e. The van der Waals surface area contributed by atoms with Crippen molar-refractivity contribution in [2.45, 2.75) is 13.5 Å². The van der Waals surface area contributed by atoms with Crippen molar-refractivity contribution < 1.29 is 5.11 Å². The quantitative estimate of drug-likeness (QED) is 0.678. The second-order valence-corrected chi connectivity index (χ2v) is 2.29. The maximum atomic E-state index is 9.32. The molecule has 0 radical (unpaired) electrons. The van der Waals surface area contributed by atoms with Crippen molar-refractivity contribution >= 4 is 12.4 Å². The van der Waals surface area contributed by atoms with Crippen molar-refractivity contribution in [1.29, 1.82) is 0 Å². The molecule has 0 saturated heterocycles. The minimum Gasteiger partial charge on any atom is -0.507 e. The van der Waals surface area contributed by atoms with E-state index in [1.807, 2.05) is 25.1 Å². The van der Waals surface area contributed by atoms with Crippen molar-refractivity contribution in [3.05, 3.63) is 29.3 Å². The Morgan fingerprint density at radius 1 is 1.45 bits per heavy atom. The van der Waals surface area contributed by atoms with E-state index in [0.717, 1.165) is 11.1 Å². The molecule has 0 atom stereocenters. The second kappa shape index (κ2) is 4.21. The van der Waals surface area contributed by atoms with Gasteiger partial charge < -0.3 is 10.8 Å². The van der Waals surface area contributed by atoms with Crippen LogP contribution < -0.4 is 5.73 Å². The van der Waals surface area contributed by atoms with Gasteiger partial charge in [0.05, 0.1) is 0 Å². The van der Waals surface area contributed by atoms with Gasteiger partial charge in [0.25, 0.3) is 0 Å². The van der Waals surface area contributed by atoms with Crippen molar-refractivity contribution in [2.75, 3.05) is 0 Å². The molecule has 0 saturated carbocycles. The molecule has 0 amide bonds. The monoisotopic (exact) mass is 173 g/mol. The molecule has 0 bridgehead atoms. The van der Waals surface area contributed by atoms with E-state index >= 15 is 0 Å². The molecule has 62 valence electrons. The van der Waals surface area contributed by atoms with Gasteiger partial charge in [-0.25, -0.2) is 0 Å². The number of halogens is 1. The van der Waals surface area contributed by atoms with Crippen LogP contribution in [0.5, 0.6) is 5.75 Å². The Labute approximate surface area is 72.4 Å². The number of aromatic hydroxyl groups is 1. The van der Waals surface area contributed by atoms with E-state index in [4.69, 9.17) is 5.73 Å². The lowest BCUT2D eigenvalue weighted by molar-refractivity contribution is 0.464. The summed E-state index contributed by atoms with van der Waals surface area (Å²) in [6, 6.07) is 5.56. The van der Waals surface area contributed by atoms with E-state index in [1.165, 1.54) is 0 Å². The number of phenolic OH excluding ortho intramolecular Hbond substituents is 1. The summed E-state index contributed by atoms with van der Waals surface area (Å²) in [6.45, 7) is 2.25. The lowest BCUT2D eigenvalue weighted by atomic mass is 10.1. The van der Waals surface area contributed by atoms with E-state index < -0.39 is 0 Å². The Kier molecular flexibility index (Phi) is 3.93. The van der Waals surface area contributed by atoms with E-state index in [-0.39, 0.29) is 12.4 Å². The van der Waals surface area contributed by atoms with E-state index in [0.29, 0.717) is 12.3 Å². The molecule has 2 nitrogen and oxygen atoms in total. The summed E-state index contributed by atoms with van der Waals surface area (Å²) in [7, 11) is 0. The third-order valence-corrected chi connectivity index (χ3v) is 1.54. The van der Waals surface area contributed by atoms with Crippen LogP contribution in [0.2, 0.25) is 0 Å². The van der Waals surface area contributed by atoms with Crippen LogP contribution in [0.15, 0.2) is 18.2 Å². The van der Waals surface area contributed by atoms with Gasteiger partial charge in [0.1, 0.15) is 5.75 Å². The Bertz CT molecular complexity index is 238. The maximum Gasteiger partial charge on any atom is 0.122 e. The molecule has 0 aliphatic heterocycles. The lowest BCUT2D eigenvalue weighted by Crippen LogP contribution is -1.96.